The van der Waals surface area contributed by atoms with E-state index in [2.05, 4.69) is 24.5 Å². The second-order valence-electron chi connectivity index (χ2n) is 4.81. The van der Waals surface area contributed by atoms with E-state index >= 15 is 0 Å². The van der Waals surface area contributed by atoms with Gasteiger partial charge in [0.2, 0.25) is 0 Å². The van der Waals surface area contributed by atoms with E-state index in [0.717, 1.165) is 30.1 Å². The Morgan fingerprint density at radius 1 is 1.50 bits per heavy atom. The summed E-state index contributed by atoms with van der Waals surface area (Å²) in [6.45, 7) is 6.36. The molecule has 1 aromatic rings. The van der Waals surface area contributed by atoms with Gasteiger partial charge in [-0.1, -0.05) is 26.3 Å². The highest BCUT2D eigenvalue weighted by Gasteiger charge is 2.15. The molecule has 0 spiro atoms. The monoisotopic (exact) mass is 248 g/mol. The minimum absolute atomic E-state index is 0.0905. The third-order valence-corrected chi connectivity index (χ3v) is 3.20. The molecule has 1 amide bonds. The summed E-state index contributed by atoms with van der Waals surface area (Å²) in [5, 5.41) is 6.24. The van der Waals surface area contributed by atoms with Gasteiger partial charge in [-0.15, -0.1) is 0 Å². The van der Waals surface area contributed by atoms with E-state index in [1.165, 1.54) is 6.42 Å². The van der Waals surface area contributed by atoms with Crippen LogP contribution < -0.4 is 15.4 Å². The molecule has 2 N–H and O–H groups in total. The van der Waals surface area contributed by atoms with Crippen LogP contribution in [0.4, 0.5) is 5.69 Å². The molecule has 4 nitrogen and oxygen atoms in total. The summed E-state index contributed by atoms with van der Waals surface area (Å²) < 4.78 is 5.32. The number of benzene rings is 1. The first-order valence-corrected chi connectivity index (χ1v) is 6.45. The fourth-order valence-electron chi connectivity index (χ4n) is 1.85. The molecule has 0 bridgehead atoms. The fourth-order valence-corrected chi connectivity index (χ4v) is 1.85. The number of nitrogens with one attached hydrogen (secondary N) is 2. The van der Waals surface area contributed by atoms with E-state index in [1.54, 1.807) is 0 Å². The van der Waals surface area contributed by atoms with Crippen molar-refractivity contribution in [3.05, 3.63) is 23.8 Å². The second-order valence-corrected chi connectivity index (χ2v) is 4.81. The van der Waals surface area contributed by atoms with Crippen molar-refractivity contribution in [3.63, 3.8) is 0 Å². The second kappa shape index (κ2) is 5.87. The Hall–Kier alpha value is -1.55. The van der Waals surface area contributed by atoms with Crippen molar-refractivity contribution in [1.29, 1.82) is 0 Å². The largest absolute Gasteiger partial charge is 0.482 e. The number of hydrogen-bond donors (Lipinski definition) is 2. The van der Waals surface area contributed by atoms with E-state index in [-0.39, 0.29) is 12.5 Å². The van der Waals surface area contributed by atoms with Gasteiger partial charge < -0.3 is 15.4 Å². The number of ether oxygens (including phenoxy) is 1. The molecule has 1 aromatic carbocycles. The Bertz CT molecular complexity index is 432. The van der Waals surface area contributed by atoms with Crippen LogP contribution in [-0.2, 0) is 11.3 Å². The number of rotatable bonds is 5. The van der Waals surface area contributed by atoms with Gasteiger partial charge in [0.25, 0.3) is 5.91 Å². The summed E-state index contributed by atoms with van der Waals surface area (Å²) in [6, 6.07) is 5.91. The number of carbonyl (C=O) groups excluding carboxylic acids is 1. The van der Waals surface area contributed by atoms with E-state index in [1.807, 2.05) is 18.2 Å². The van der Waals surface area contributed by atoms with Crippen LogP contribution >= 0.6 is 0 Å². The zero-order chi connectivity index (χ0) is 13.0. The Labute approximate surface area is 108 Å². The van der Waals surface area contributed by atoms with E-state index in [4.69, 9.17) is 4.74 Å². The molecule has 0 saturated carbocycles. The van der Waals surface area contributed by atoms with Gasteiger partial charge in [0, 0.05) is 6.54 Å². The maximum absolute atomic E-state index is 11.2. The average molecular weight is 248 g/mol. The Balaban J connectivity index is 1.94. The average Bonchev–Trinajstić information content (AvgIpc) is 2.38. The SMILES string of the molecule is CCC(C)CNCc1ccc2c(c1)NC(=O)CO2. The van der Waals surface area contributed by atoms with Gasteiger partial charge in [-0.3, -0.25) is 4.79 Å². The van der Waals surface area contributed by atoms with Crippen molar-refractivity contribution in [3.8, 4) is 5.75 Å². The van der Waals surface area contributed by atoms with Gasteiger partial charge in [-0.05, 0) is 30.2 Å². The lowest BCUT2D eigenvalue weighted by Crippen LogP contribution is -2.25. The highest BCUT2D eigenvalue weighted by molar-refractivity contribution is 5.95. The molecule has 2 rings (SSSR count). The fraction of sp³-hybridized carbons (Fsp3) is 0.500. The summed E-state index contributed by atoms with van der Waals surface area (Å²) in [5.41, 5.74) is 1.93. The predicted octanol–water partition coefficient (Wildman–Crippen LogP) is 2.15. The first kappa shape index (κ1) is 12.9. The molecule has 0 fully saturated rings. The summed E-state index contributed by atoms with van der Waals surface area (Å²) in [5.74, 6) is 1.35. The maximum Gasteiger partial charge on any atom is 0.262 e. The highest BCUT2D eigenvalue weighted by atomic mass is 16.5. The summed E-state index contributed by atoms with van der Waals surface area (Å²) >= 11 is 0. The Morgan fingerprint density at radius 2 is 2.33 bits per heavy atom. The molecule has 0 saturated heterocycles. The molecule has 98 valence electrons. The van der Waals surface area contributed by atoms with Crippen LogP contribution in [0.3, 0.4) is 0 Å². The lowest BCUT2D eigenvalue weighted by Gasteiger charge is -2.18. The van der Waals surface area contributed by atoms with Gasteiger partial charge in [0.1, 0.15) is 5.75 Å². The first-order valence-electron chi connectivity index (χ1n) is 6.45. The standard InChI is InChI=1S/C14H20N2O2/c1-3-10(2)7-15-8-11-4-5-13-12(6-11)16-14(17)9-18-13/h4-6,10,15H,3,7-9H2,1-2H3,(H,16,17). The number of fused-ring (bicyclic) bond motifs is 1. The molecule has 0 radical (unpaired) electrons. The first-order chi connectivity index (χ1) is 8.69. The molecule has 1 aliphatic rings. The molecule has 4 heteroatoms. The molecular formula is C14H20N2O2. The quantitative estimate of drug-likeness (QED) is 0.839. The van der Waals surface area contributed by atoms with Crippen molar-refractivity contribution in [2.75, 3.05) is 18.5 Å². The van der Waals surface area contributed by atoms with Crippen LogP contribution in [0, 0.1) is 5.92 Å². The topological polar surface area (TPSA) is 50.4 Å². The third kappa shape index (κ3) is 3.23. The van der Waals surface area contributed by atoms with E-state index in [9.17, 15) is 4.79 Å². The van der Waals surface area contributed by atoms with Crippen molar-refractivity contribution in [2.45, 2.75) is 26.8 Å². The number of hydrogen-bond acceptors (Lipinski definition) is 3. The number of carbonyl (C=O) groups is 1. The normalized spacial score (nSPS) is 15.6. The van der Waals surface area contributed by atoms with Crippen LogP contribution in [0.2, 0.25) is 0 Å². The summed E-state index contributed by atoms with van der Waals surface area (Å²) in [6.07, 6.45) is 1.18. The van der Waals surface area contributed by atoms with Gasteiger partial charge in [0.15, 0.2) is 6.61 Å². The van der Waals surface area contributed by atoms with Gasteiger partial charge in [0.05, 0.1) is 5.69 Å². The van der Waals surface area contributed by atoms with Gasteiger partial charge >= 0.3 is 0 Å². The molecule has 1 aliphatic heterocycles. The third-order valence-electron chi connectivity index (χ3n) is 3.20. The van der Waals surface area contributed by atoms with Gasteiger partial charge in [-0.2, -0.15) is 0 Å². The molecule has 1 unspecified atom stereocenters. The highest BCUT2D eigenvalue weighted by Crippen LogP contribution is 2.28. The van der Waals surface area contributed by atoms with Crippen LogP contribution in [0.5, 0.6) is 5.75 Å². The lowest BCUT2D eigenvalue weighted by atomic mass is 10.1. The Kier molecular flexibility index (Phi) is 4.20. The smallest absolute Gasteiger partial charge is 0.262 e. The summed E-state index contributed by atoms with van der Waals surface area (Å²) in [7, 11) is 0. The van der Waals surface area contributed by atoms with Crippen molar-refractivity contribution in [1.82, 2.24) is 5.32 Å². The van der Waals surface area contributed by atoms with Gasteiger partial charge in [-0.25, -0.2) is 0 Å². The van der Waals surface area contributed by atoms with E-state index in [0.29, 0.717) is 5.92 Å². The molecular weight excluding hydrogens is 228 g/mol. The van der Waals surface area contributed by atoms with Crippen molar-refractivity contribution < 1.29 is 9.53 Å². The predicted molar refractivity (Wildman–Crippen MR) is 71.7 cm³/mol. The van der Waals surface area contributed by atoms with E-state index < -0.39 is 0 Å². The molecule has 18 heavy (non-hydrogen) atoms. The minimum Gasteiger partial charge on any atom is -0.482 e. The zero-order valence-electron chi connectivity index (χ0n) is 11.0. The molecule has 0 aromatic heterocycles. The molecule has 1 atom stereocenters. The molecule has 1 heterocycles. The van der Waals surface area contributed by atoms with Crippen LogP contribution in [0.25, 0.3) is 0 Å². The lowest BCUT2D eigenvalue weighted by molar-refractivity contribution is -0.118. The van der Waals surface area contributed by atoms with Crippen LogP contribution in [0.1, 0.15) is 25.8 Å². The van der Waals surface area contributed by atoms with Crippen LogP contribution in [-0.4, -0.2) is 19.1 Å². The Morgan fingerprint density at radius 3 is 3.11 bits per heavy atom. The minimum atomic E-state index is -0.0905. The maximum atomic E-state index is 11.2. The van der Waals surface area contributed by atoms with Crippen LogP contribution in [0.15, 0.2) is 18.2 Å². The molecule has 0 aliphatic carbocycles. The summed E-state index contributed by atoms with van der Waals surface area (Å²) in [4.78, 5) is 11.2. The van der Waals surface area contributed by atoms with Crippen molar-refractivity contribution in [2.24, 2.45) is 5.92 Å². The zero-order valence-corrected chi connectivity index (χ0v) is 11.0. The number of amides is 1. The number of anilines is 1. The van der Waals surface area contributed by atoms with Crippen molar-refractivity contribution >= 4 is 11.6 Å².